The summed E-state index contributed by atoms with van der Waals surface area (Å²) < 4.78 is 5.46. The number of hydrogen-bond donors (Lipinski definition) is 0. The van der Waals surface area contributed by atoms with Crippen LogP contribution in [-0.4, -0.2) is 19.4 Å². The van der Waals surface area contributed by atoms with E-state index in [1.165, 1.54) is 32.1 Å². The van der Waals surface area contributed by atoms with E-state index in [0.717, 1.165) is 24.3 Å². The Morgan fingerprint density at radius 2 is 1.62 bits per heavy atom. The van der Waals surface area contributed by atoms with Crippen molar-refractivity contribution >= 4 is 17.2 Å². The van der Waals surface area contributed by atoms with E-state index >= 15 is 0 Å². The van der Waals surface area contributed by atoms with Crippen LogP contribution in [0, 0.1) is 0 Å². The fraction of sp³-hybridized carbons (Fsp3) is 0.435. The Hall–Kier alpha value is -2.29. The van der Waals surface area contributed by atoms with Crippen molar-refractivity contribution < 1.29 is 9.53 Å². The molecule has 140 valence electrons. The maximum Gasteiger partial charge on any atom is 0.165 e. The van der Waals surface area contributed by atoms with Gasteiger partial charge in [-0.1, -0.05) is 63.3 Å². The van der Waals surface area contributed by atoms with Gasteiger partial charge < -0.3 is 9.64 Å². The lowest BCUT2D eigenvalue weighted by Crippen LogP contribution is -2.21. The lowest BCUT2D eigenvalue weighted by atomic mass is 10.0. The highest BCUT2D eigenvalue weighted by atomic mass is 16.5. The summed E-state index contributed by atoms with van der Waals surface area (Å²) in [7, 11) is 1.62. The Kier molecular flexibility index (Phi) is 8.20. The number of carbonyl (C=O) groups excluding carboxylic acids is 1. The molecule has 2 rings (SSSR count). The van der Waals surface area contributed by atoms with Gasteiger partial charge in [0.25, 0.3) is 0 Å². The van der Waals surface area contributed by atoms with Gasteiger partial charge in [0.05, 0.1) is 18.4 Å². The molecule has 3 heteroatoms. The minimum Gasteiger partial charge on any atom is -0.496 e. The van der Waals surface area contributed by atoms with Crippen LogP contribution in [0.1, 0.15) is 62.7 Å². The molecule has 0 saturated heterocycles. The second-order valence-corrected chi connectivity index (χ2v) is 6.67. The third-order valence-corrected chi connectivity index (χ3v) is 4.67. The average molecular weight is 354 g/mol. The normalized spacial score (nSPS) is 10.6. The summed E-state index contributed by atoms with van der Waals surface area (Å²) in [5.74, 6) is 0.667. The van der Waals surface area contributed by atoms with E-state index in [1.54, 1.807) is 14.0 Å². The first kappa shape index (κ1) is 20.0. The minimum atomic E-state index is 0.0290. The molecule has 0 saturated carbocycles. The predicted molar refractivity (Wildman–Crippen MR) is 110 cm³/mol. The molecule has 0 amide bonds. The number of benzene rings is 2. The van der Waals surface area contributed by atoms with Gasteiger partial charge in [0.2, 0.25) is 0 Å². The number of ether oxygens (including phenoxy) is 1. The van der Waals surface area contributed by atoms with Crippen molar-refractivity contribution in [3.8, 4) is 5.75 Å². The highest BCUT2D eigenvalue weighted by Crippen LogP contribution is 2.34. The number of ketones is 1. The molecule has 0 N–H and O–H groups in total. The molecule has 0 bridgehead atoms. The number of para-hydroxylation sites is 1. The number of anilines is 2. The Bertz CT molecular complexity index is 682. The zero-order valence-electron chi connectivity index (χ0n) is 16.3. The summed E-state index contributed by atoms with van der Waals surface area (Å²) in [6.07, 6.45) is 7.47. The third-order valence-electron chi connectivity index (χ3n) is 4.67. The van der Waals surface area contributed by atoms with Crippen LogP contribution in [0.2, 0.25) is 0 Å². The third kappa shape index (κ3) is 5.35. The van der Waals surface area contributed by atoms with E-state index in [4.69, 9.17) is 4.74 Å². The molecular formula is C23H31NO2. The van der Waals surface area contributed by atoms with Crippen LogP contribution < -0.4 is 9.64 Å². The first-order valence-corrected chi connectivity index (χ1v) is 9.69. The van der Waals surface area contributed by atoms with E-state index in [2.05, 4.69) is 24.0 Å². The molecule has 26 heavy (non-hydrogen) atoms. The lowest BCUT2D eigenvalue weighted by molar-refractivity contribution is 0.101. The SMILES string of the molecule is CCCCCCCCN(c1ccccc1)c1cccc(OC)c1C(C)=O. The van der Waals surface area contributed by atoms with Crippen molar-refractivity contribution in [2.45, 2.75) is 52.4 Å². The molecule has 0 atom stereocenters. The minimum absolute atomic E-state index is 0.0290. The van der Waals surface area contributed by atoms with E-state index in [9.17, 15) is 4.79 Å². The molecule has 2 aromatic carbocycles. The maximum absolute atomic E-state index is 12.3. The van der Waals surface area contributed by atoms with Crippen molar-refractivity contribution in [3.63, 3.8) is 0 Å². The number of carbonyl (C=O) groups is 1. The predicted octanol–water partition coefficient (Wildman–Crippen LogP) is 6.40. The van der Waals surface area contributed by atoms with Crippen LogP contribution in [0.25, 0.3) is 0 Å². The lowest BCUT2D eigenvalue weighted by Gasteiger charge is -2.27. The van der Waals surface area contributed by atoms with Gasteiger partial charge >= 0.3 is 0 Å². The molecular weight excluding hydrogens is 322 g/mol. The highest BCUT2D eigenvalue weighted by Gasteiger charge is 2.19. The van der Waals surface area contributed by atoms with E-state index in [-0.39, 0.29) is 5.78 Å². The molecule has 3 nitrogen and oxygen atoms in total. The zero-order valence-corrected chi connectivity index (χ0v) is 16.3. The molecule has 2 aromatic rings. The molecule has 0 heterocycles. The van der Waals surface area contributed by atoms with Gasteiger partial charge in [-0.25, -0.2) is 0 Å². The van der Waals surface area contributed by atoms with Gasteiger partial charge in [-0.15, -0.1) is 0 Å². The molecule has 0 unspecified atom stereocenters. The quantitative estimate of drug-likeness (QED) is 0.346. The van der Waals surface area contributed by atoms with Gasteiger partial charge in [0.1, 0.15) is 5.75 Å². The first-order chi connectivity index (χ1) is 12.7. The molecule has 0 aliphatic rings. The largest absolute Gasteiger partial charge is 0.496 e. The van der Waals surface area contributed by atoms with Gasteiger partial charge in [-0.2, -0.15) is 0 Å². The Balaban J connectivity index is 2.26. The molecule has 0 spiro atoms. The summed E-state index contributed by atoms with van der Waals surface area (Å²) >= 11 is 0. The van der Waals surface area contributed by atoms with Crippen LogP contribution in [0.4, 0.5) is 11.4 Å². The standard InChI is InChI=1S/C23H31NO2/c1-4-5-6-7-8-12-18-24(20-14-10-9-11-15-20)21-16-13-17-22(26-3)23(21)19(2)25/h9-11,13-17H,4-8,12,18H2,1-3H3. The highest BCUT2D eigenvalue weighted by molar-refractivity contribution is 6.03. The van der Waals surface area contributed by atoms with Gasteiger partial charge in [-0.3, -0.25) is 4.79 Å². The van der Waals surface area contributed by atoms with Crippen molar-refractivity contribution in [1.29, 1.82) is 0 Å². The fourth-order valence-electron chi connectivity index (χ4n) is 3.32. The van der Waals surface area contributed by atoms with Crippen LogP contribution in [-0.2, 0) is 0 Å². The number of rotatable bonds is 11. The van der Waals surface area contributed by atoms with E-state index < -0.39 is 0 Å². The zero-order chi connectivity index (χ0) is 18.8. The number of hydrogen-bond acceptors (Lipinski definition) is 3. The van der Waals surface area contributed by atoms with Crippen molar-refractivity contribution in [3.05, 3.63) is 54.1 Å². The molecule has 0 aliphatic carbocycles. The Labute approximate surface area is 158 Å². The number of Topliss-reactive ketones (excluding diaryl/α,β-unsaturated/α-hetero) is 1. The van der Waals surface area contributed by atoms with Gasteiger partial charge in [0.15, 0.2) is 5.78 Å². The summed E-state index contributed by atoms with van der Waals surface area (Å²) in [6, 6.07) is 16.1. The number of nitrogens with zero attached hydrogens (tertiary/aromatic N) is 1. The summed E-state index contributed by atoms with van der Waals surface area (Å²) in [5, 5.41) is 0. The van der Waals surface area contributed by atoms with Gasteiger partial charge in [-0.05, 0) is 37.6 Å². The second kappa shape index (κ2) is 10.6. The van der Waals surface area contributed by atoms with Crippen LogP contribution in [0.5, 0.6) is 5.75 Å². The topological polar surface area (TPSA) is 29.5 Å². The van der Waals surface area contributed by atoms with Crippen LogP contribution in [0.15, 0.2) is 48.5 Å². The van der Waals surface area contributed by atoms with E-state index in [0.29, 0.717) is 11.3 Å². The van der Waals surface area contributed by atoms with Crippen molar-refractivity contribution in [2.24, 2.45) is 0 Å². The number of unbranched alkanes of at least 4 members (excludes halogenated alkanes) is 5. The summed E-state index contributed by atoms with van der Waals surface area (Å²) in [6.45, 7) is 4.74. The first-order valence-electron chi connectivity index (χ1n) is 9.69. The molecule has 0 fully saturated rings. The summed E-state index contributed by atoms with van der Waals surface area (Å²) in [5.41, 5.74) is 2.69. The Morgan fingerprint density at radius 3 is 2.27 bits per heavy atom. The fourth-order valence-corrected chi connectivity index (χ4v) is 3.32. The van der Waals surface area contributed by atoms with Crippen LogP contribution in [0.3, 0.4) is 0 Å². The van der Waals surface area contributed by atoms with Crippen molar-refractivity contribution in [2.75, 3.05) is 18.6 Å². The van der Waals surface area contributed by atoms with Gasteiger partial charge in [0, 0.05) is 12.2 Å². The van der Waals surface area contributed by atoms with Crippen LogP contribution >= 0.6 is 0 Å². The molecule has 0 aliphatic heterocycles. The Morgan fingerprint density at radius 1 is 0.923 bits per heavy atom. The average Bonchev–Trinajstić information content (AvgIpc) is 2.67. The molecule has 0 aromatic heterocycles. The molecule has 0 radical (unpaired) electrons. The van der Waals surface area contributed by atoms with Crippen molar-refractivity contribution in [1.82, 2.24) is 0 Å². The smallest absolute Gasteiger partial charge is 0.165 e. The second-order valence-electron chi connectivity index (χ2n) is 6.67. The monoisotopic (exact) mass is 353 g/mol. The van der Waals surface area contributed by atoms with E-state index in [1.807, 2.05) is 36.4 Å². The number of methoxy groups -OCH3 is 1. The maximum atomic E-state index is 12.3. The summed E-state index contributed by atoms with van der Waals surface area (Å²) in [4.78, 5) is 14.6.